The summed E-state index contributed by atoms with van der Waals surface area (Å²) in [4.78, 5) is 12.5. The molecule has 0 atom stereocenters. The summed E-state index contributed by atoms with van der Waals surface area (Å²) in [6.07, 6.45) is 0. The van der Waals surface area contributed by atoms with Gasteiger partial charge in [-0.25, -0.2) is 5.43 Å². The number of thiophene rings is 1. The number of hydrazone groups is 1. The maximum absolute atomic E-state index is 11.8. The van der Waals surface area contributed by atoms with Gasteiger partial charge >= 0.3 is 0 Å². The van der Waals surface area contributed by atoms with Crippen LogP contribution in [0.5, 0.6) is 11.5 Å². The van der Waals surface area contributed by atoms with Gasteiger partial charge in [-0.05, 0) is 30.5 Å². The molecule has 1 aromatic heterocycles. The van der Waals surface area contributed by atoms with Gasteiger partial charge in [0.05, 0.1) is 24.8 Å². The lowest BCUT2D eigenvalue weighted by Crippen LogP contribution is -2.18. The lowest BCUT2D eigenvalue weighted by atomic mass is 10.1. The molecule has 0 aliphatic heterocycles. The zero-order valence-corrected chi connectivity index (χ0v) is 12.9. The Morgan fingerprint density at radius 1 is 1.24 bits per heavy atom. The summed E-state index contributed by atoms with van der Waals surface area (Å²) in [5.74, 6) is 1.11. The average Bonchev–Trinajstić information content (AvgIpc) is 3.06. The summed E-state index contributed by atoms with van der Waals surface area (Å²) < 4.78 is 10.5. The lowest BCUT2D eigenvalue weighted by molar-refractivity contribution is 0.0959. The second-order valence-corrected chi connectivity index (χ2v) is 5.13. The van der Waals surface area contributed by atoms with Crippen molar-refractivity contribution in [2.24, 2.45) is 5.10 Å². The van der Waals surface area contributed by atoms with Crippen LogP contribution in [0, 0.1) is 0 Å². The van der Waals surface area contributed by atoms with Crippen molar-refractivity contribution in [1.29, 1.82) is 0 Å². The minimum atomic E-state index is -0.225. The molecule has 0 unspecified atom stereocenters. The highest BCUT2D eigenvalue weighted by molar-refractivity contribution is 7.12. The van der Waals surface area contributed by atoms with E-state index in [9.17, 15) is 4.79 Å². The van der Waals surface area contributed by atoms with E-state index in [0.29, 0.717) is 22.1 Å². The summed E-state index contributed by atoms with van der Waals surface area (Å²) in [6, 6.07) is 9.00. The molecule has 6 heteroatoms. The molecule has 0 spiro atoms. The number of nitrogens with zero attached hydrogens (tertiary/aromatic N) is 1. The molecule has 110 valence electrons. The van der Waals surface area contributed by atoms with Gasteiger partial charge in [0.2, 0.25) is 0 Å². The van der Waals surface area contributed by atoms with Crippen molar-refractivity contribution < 1.29 is 14.3 Å². The second-order valence-electron chi connectivity index (χ2n) is 4.18. The van der Waals surface area contributed by atoms with Crippen molar-refractivity contribution in [3.63, 3.8) is 0 Å². The van der Waals surface area contributed by atoms with Gasteiger partial charge in [0.25, 0.3) is 5.91 Å². The molecule has 1 heterocycles. The van der Waals surface area contributed by atoms with Crippen molar-refractivity contribution in [1.82, 2.24) is 5.43 Å². The van der Waals surface area contributed by atoms with Crippen LogP contribution in [-0.4, -0.2) is 25.8 Å². The van der Waals surface area contributed by atoms with Crippen LogP contribution in [0.1, 0.15) is 22.2 Å². The van der Waals surface area contributed by atoms with Gasteiger partial charge in [0, 0.05) is 11.6 Å². The number of carbonyl (C=O) groups is 1. The van der Waals surface area contributed by atoms with Crippen LogP contribution in [0.4, 0.5) is 0 Å². The predicted molar refractivity (Wildman–Crippen MR) is 83.5 cm³/mol. The third kappa shape index (κ3) is 3.61. The van der Waals surface area contributed by atoms with Gasteiger partial charge in [-0.15, -0.1) is 11.3 Å². The first-order valence-electron chi connectivity index (χ1n) is 6.26. The van der Waals surface area contributed by atoms with Crippen molar-refractivity contribution in [2.45, 2.75) is 6.92 Å². The van der Waals surface area contributed by atoms with Gasteiger partial charge in [0.15, 0.2) is 0 Å². The topological polar surface area (TPSA) is 59.9 Å². The molecule has 2 rings (SSSR count). The third-order valence-electron chi connectivity index (χ3n) is 2.87. The van der Waals surface area contributed by atoms with Gasteiger partial charge in [-0.1, -0.05) is 6.07 Å². The first-order chi connectivity index (χ1) is 10.2. The Morgan fingerprint density at radius 3 is 2.67 bits per heavy atom. The maximum atomic E-state index is 11.8. The number of hydrogen-bond donors (Lipinski definition) is 1. The van der Waals surface area contributed by atoms with Crippen LogP contribution in [0.25, 0.3) is 0 Å². The SMILES string of the molecule is COc1ccc(/C(C)=N\NC(=O)c2cccs2)c(OC)c1. The number of rotatable bonds is 5. The summed E-state index contributed by atoms with van der Waals surface area (Å²) in [7, 11) is 3.17. The number of ether oxygens (including phenoxy) is 2. The van der Waals surface area contributed by atoms with Crippen LogP contribution in [0.3, 0.4) is 0 Å². The smallest absolute Gasteiger partial charge is 0.281 e. The molecule has 1 amide bonds. The summed E-state index contributed by atoms with van der Waals surface area (Å²) in [5, 5.41) is 5.96. The fourth-order valence-electron chi connectivity index (χ4n) is 1.76. The summed E-state index contributed by atoms with van der Waals surface area (Å²) in [6.45, 7) is 1.80. The molecule has 0 bridgehead atoms. The highest BCUT2D eigenvalue weighted by Gasteiger charge is 2.09. The number of amides is 1. The quantitative estimate of drug-likeness (QED) is 0.682. The predicted octanol–water partition coefficient (Wildman–Crippen LogP) is 2.92. The maximum Gasteiger partial charge on any atom is 0.281 e. The number of carbonyl (C=O) groups excluding carboxylic acids is 1. The Hall–Kier alpha value is -2.34. The minimum Gasteiger partial charge on any atom is -0.497 e. The molecule has 21 heavy (non-hydrogen) atoms. The van der Waals surface area contributed by atoms with E-state index in [2.05, 4.69) is 10.5 Å². The summed E-state index contributed by atoms with van der Waals surface area (Å²) >= 11 is 1.37. The van der Waals surface area contributed by atoms with Crippen molar-refractivity contribution >= 4 is 23.0 Å². The number of hydrogen-bond acceptors (Lipinski definition) is 5. The first-order valence-corrected chi connectivity index (χ1v) is 7.14. The zero-order chi connectivity index (χ0) is 15.2. The number of benzene rings is 1. The monoisotopic (exact) mass is 304 g/mol. The normalized spacial score (nSPS) is 11.1. The molecular weight excluding hydrogens is 288 g/mol. The minimum absolute atomic E-state index is 0.225. The molecule has 0 aliphatic rings. The van der Waals surface area contributed by atoms with Gasteiger partial charge < -0.3 is 9.47 Å². The van der Waals surface area contributed by atoms with E-state index in [1.807, 2.05) is 23.6 Å². The molecule has 0 fully saturated rings. The first kappa shape index (κ1) is 15.1. The largest absolute Gasteiger partial charge is 0.497 e. The molecular formula is C15H16N2O3S. The fraction of sp³-hybridized carbons (Fsp3) is 0.200. The average molecular weight is 304 g/mol. The second kappa shape index (κ2) is 6.90. The van der Waals surface area contributed by atoms with E-state index < -0.39 is 0 Å². The summed E-state index contributed by atoms with van der Waals surface area (Å²) in [5.41, 5.74) is 3.98. The van der Waals surface area contributed by atoms with E-state index >= 15 is 0 Å². The van der Waals surface area contributed by atoms with Gasteiger partial charge in [0.1, 0.15) is 11.5 Å². The Kier molecular flexibility index (Phi) is 4.94. The molecule has 0 saturated carbocycles. The van der Waals surface area contributed by atoms with Crippen LogP contribution >= 0.6 is 11.3 Å². The molecule has 0 saturated heterocycles. The Bertz CT molecular complexity index is 651. The number of methoxy groups -OCH3 is 2. The highest BCUT2D eigenvalue weighted by Crippen LogP contribution is 2.25. The zero-order valence-electron chi connectivity index (χ0n) is 12.0. The van der Waals surface area contributed by atoms with E-state index in [1.54, 1.807) is 33.3 Å². The van der Waals surface area contributed by atoms with E-state index in [1.165, 1.54) is 11.3 Å². The molecule has 0 radical (unpaired) electrons. The molecule has 1 N–H and O–H groups in total. The van der Waals surface area contributed by atoms with E-state index in [0.717, 1.165) is 5.56 Å². The van der Waals surface area contributed by atoms with Gasteiger partial charge in [-0.2, -0.15) is 5.10 Å². The van der Waals surface area contributed by atoms with Crippen molar-refractivity contribution in [3.05, 3.63) is 46.2 Å². The van der Waals surface area contributed by atoms with Crippen molar-refractivity contribution in [3.8, 4) is 11.5 Å². The molecule has 5 nitrogen and oxygen atoms in total. The Labute approximate surface area is 127 Å². The standard InChI is InChI=1S/C15H16N2O3S/c1-10(16-17-15(18)14-5-4-8-21-14)12-7-6-11(19-2)9-13(12)20-3/h4-9H,1-3H3,(H,17,18)/b16-10-. The van der Waals surface area contributed by atoms with Crippen LogP contribution in [0.15, 0.2) is 40.8 Å². The fourth-order valence-corrected chi connectivity index (χ4v) is 2.37. The van der Waals surface area contributed by atoms with Gasteiger partial charge in [-0.3, -0.25) is 4.79 Å². The van der Waals surface area contributed by atoms with E-state index in [4.69, 9.17) is 9.47 Å². The van der Waals surface area contributed by atoms with Crippen LogP contribution < -0.4 is 14.9 Å². The molecule has 0 aliphatic carbocycles. The van der Waals surface area contributed by atoms with Crippen LogP contribution in [-0.2, 0) is 0 Å². The number of nitrogens with one attached hydrogen (secondary N) is 1. The Balaban J connectivity index is 2.17. The highest BCUT2D eigenvalue weighted by atomic mass is 32.1. The van der Waals surface area contributed by atoms with E-state index in [-0.39, 0.29) is 5.91 Å². The third-order valence-corrected chi connectivity index (χ3v) is 3.74. The molecule has 2 aromatic rings. The Morgan fingerprint density at radius 2 is 2.05 bits per heavy atom. The molecule has 1 aromatic carbocycles. The lowest BCUT2D eigenvalue weighted by Gasteiger charge is -2.10. The van der Waals surface area contributed by atoms with Crippen molar-refractivity contribution in [2.75, 3.05) is 14.2 Å². The van der Waals surface area contributed by atoms with Crippen LogP contribution in [0.2, 0.25) is 0 Å².